The maximum absolute atomic E-state index is 6.60. The van der Waals surface area contributed by atoms with E-state index in [1.54, 1.807) is 0 Å². The number of fused-ring (bicyclic) bond motifs is 10. The van der Waals surface area contributed by atoms with E-state index in [-0.39, 0.29) is 0 Å². The van der Waals surface area contributed by atoms with Crippen LogP contribution in [0, 0.1) is 0 Å². The number of nitrogens with zero attached hydrogens (tertiary/aromatic N) is 4. The van der Waals surface area contributed by atoms with Gasteiger partial charge in [0.15, 0.2) is 11.6 Å². The monoisotopic (exact) mass is 730 g/mol. The molecular weight excluding hydrogens is 701 g/mol. The van der Waals surface area contributed by atoms with Crippen LogP contribution < -0.4 is 0 Å². The highest BCUT2D eigenvalue weighted by molar-refractivity contribution is 6.23. The molecule has 6 nitrogen and oxygen atoms in total. The molecule has 0 amide bonds. The van der Waals surface area contributed by atoms with E-state index in [1.165, 1.54) is 0 Å². The summed E-state index contributed by atoms with van der Waals surface area (Å²) in [6, 6.07) is 62.5. The first-order valence-corrected chi connectivity index (χ1v) is 19.0. The molecule has 4 aromatic heterocycles. The Morgan fingerprint density at radius 3 is 1.84 bits per heavy atom. The molecule has 0 saturated heterocycles. The smallest absolute Gasteiger partial charge is 0.238 e. The van der Waals surface area contributed by atoms with Crippen molar-refractivity contribution in [3.8, 4) is 51.0 Å². The van der Waals surface area contributed by atoms with E-state index in [9.17, 15) is 0 Å². The molecule has 0 aliphatic rings. The van der Waals surface area contributed by atoms with Crippen LogP contribution in [0.5, 0.6) is 0 Å². The van der Waals surface area contributed by atoms with Crippen molar-refractivity contribution in [2.24, 2.45) is 0 Å². The van der Waals surface area contributed by atoms with Gasteiger partial charge in [-0.05, 0) is 64.7 Å². The number of furan rings is 2. The highest BCUT2D eigenvalue weighted by Gasteiger charge is 2.23. The maximum Gasteiger partial charge on any atom is 0.238 e. The summed E-state index contributed by atoms with van der Waals surface area (Å²) in [6.07, 6.45) is 0. The Balaban J connectivity index is 1.13. The van der Waals surface area contributed by atoms with E-state index >= 15 is 0 Å². The molecule has 0 radical (unpaired) electrons. The Bertz CT molecular complexity index is 3530. The Hall–Kier alpha value is -7.83. The van der Waals surface area contributed by atoms with Crippen molar-refractivity contribution in [1.82, 2.24) is 19.5 Å². The molecule has 0 N–H and O–H groups in total. The minimum Gasteiger partial charge on any atom is -0.456 e. The molecule has 12 aromatic rings. The average Bonchev–Trinajstić information content (AvgIpc) is 3.96. The topological polar surface area (TPSA) is 69.9 Å². The third-order valence-corrected chi connectivity index (χ3v) is 11.1. The number of hydrogen-bond donors (Lipinski definition) is 0. The van der Waals surface area contributed by atoms with E-state index in [0.29, 0.717) is 17.6 Å². The molecule has 12 rings (SSSR count). The van der Waals surface area contributed by atoms with Crippen LogP contribution in [0.2, 0.25) is 0 Å². The molecule has 0 saturated carbocycles. The van der Waals surface area contributed by atoms with E-state index < -0.39 is 0 Å². The number of hydrogen-bond acceptors (Lipinski definition) is 5. The second-order valence-electron chi connectivity index (χ2n) is 14.3. The summed E-state index contributed by atoms with van der Waals surface area (Å²) >= 11 is 0. The van der Waals surface area contributed by atoms with Gasteiger partial charge in [0.1, 0.15) is 22.3 Å². The molecule has 8 aromatic carbocycles. The van der Waals surface area contributed by atoms with Crippen LogP contribution in [0.25, 0.3) is 117 Å². The Kier molecular flexibility index (Phi) is 6.83. The van der Waals surface area contributed by atoms with Gasteiger partial charge in [-0.15, -0.1) is 0 Å². The molecular formula is C51H30N4O2. The van der Waals surface area contributed by atoms with Crippen LogP contribution in [0.4, 0.5) is 0 Å². The van der Waals surface area contributed by atoms with Crippen LogP contribution in [-0.4, -0.2) is 19.5 Å². The zero-order valence-electron chi connectivity index (χ0n) is 30.4. The molecule has 0 fully saturated rings. The molecule has 57 heavy (non-hydrogen) atoms. The van der Waals surface area contributed by atoms with Crippen molar-refractivity contribution in [1.29, 1.82) is 0 Å². The number of rotatable bonds is 5. The Labute approximate surface area is 325 Å². The van der Waals surface area contributed by atoms with Crippen LogP contribution in [0.3, 0.4) is 0 Å². The van der Waals surface area contributed by atoms with Gasteiger partial charge in [0, 0.05) is 38.1 Å². The second kappa shape index (κ2) is 12.3. The lowest BCUT2D eigenvalue weighted by molar-refractivity contribution is 0.669. The van der Waals surface area contributed by atoms with Gasteiger partial charge < -0.3 is 8.83 Å². The van der Waals surface area contributed by atoms with Gasteiger partial charge in [-0.2, -0.15) is 9.97 Å². The molecule has 0 unspecified atom stereocenters. The molecule has 0 atom stereocenters. The first-order valence-electron chi connectivity index (χ1n) is 19.0. The summed E-state index contributed by atoms with van der Waals surface area (Å²) in [5.74, 6) is 1.62. The standard InChI is InChI=1S/C51H30N4O2/c1-3-14-31(15-4-1)34-18-7-8-20-38(34)50-52-49(33-26-27-40-45(30-33)56-44-25-13-22-35(46(40)44)32-16-5-2-6-17-32)53-51(54-50)55-41-23-11-9-21-39(41)47-42(55)29-28-37-36-19-10-12-24-43(36)57-48(37)47/h1-30H. The fourth-order valence-electron chi connectivity index (χ4n) is 8.54. The van der Waals surface area contributed by atoms with Gasteiger partial charge in [0.2, 0.25) is 5.95 Å². The summed E-state index contributed by atoms with van der Waals surface area (Å²) < 4.78 is 15.3. The summed E-state index contributed by atoms with van der Waals surface area (Å²) in [5, 5.41) is 6.36. The van der Waals surface area contributed by atoms with Crippen molar-refractivity contribution >= 4 is 65.7 Å². The van der Waals surface area contributed by atoms with Crippen molar-refractivity contribution in [3.05, 3.63) is 182 Å². The first kappa shape index (κ1) is 31.5. The van der Waals surface area contributed by atoms with Gasteiger partial charge in [-0.1, -0.05) is 140 Å². The van der Waals surface area contributed by atoms with Gasteiger partial charge in [-0.3, -0.25) is 4.57 Å². The molecule has 0 bridgehead atoms. The maximum atomic E-state index is 6.60. The minimum atomic E-state index is 0.510. The summed E-state index contributed by atoms with van der Waals surface area (Å²) in [4.78, 5) is 15.8. The lowest BCUT2D eigenvalue weighted by Gasteiger charge is -2.13. The molecule has 6 heteroatoms. The fourth-order valence-corrected chi connectivity index (χ4v) is 8.54. The van der Waals surface area contributed by atoms with E-state index in [4.69, 9.17) is 23.8 Å². The number of para-hydroxylation sites is 2. The second-order valence-corrected chi connectivity index (χ2v) is 14.3. The third-order valence-electron chi connectivity index (χ3n) is 11.1. The van der Waals surface area contributed by atoms with Crippen LogP contribution in [0.15, 0.2) is 191 Å². The first-order chi connectivity index (χ1) is 28.3. The normalized spacial score (nSPS) is 11.9. The van der Waals surface area contributed by atoms with Crippen LogP contribution >= 0.6 is 0 Å². The van der Waals surface area contributed by atoms with Gasteiger partial charge in [0.05, 0.1) is 16.4 Å². The SMILES string of the molecule is c1ccc(-c2ccccc2-c2nc(-c3ccc4c(c3)oc3cccc(-c5ccccc5)c34)nc(-n3c4ccccc4c4c5oc6ccccc6c5ccc43)n2)cc1. The fraction of sp³-hybridized carbons (Fsp3) is 0. The molecule has 0 aliphatic heterocycles. The average molecular weight is 731 g/mol. The Morgan fingerprint density at radius 2 is 1.00 bits per heavy atom. The summed E-state index contributed by atoms with van der Waals surface area (Å²) in [7, 11) is 0. The predicted octanol–water partition coefficient (Wildman–Crippen LogP) is 13.4. The quantitative estimate of drug-likeness (QED) is 0.176. The van der Waals surface area contributed by atoms with Crippen molar-refractivity contribution in [3.63, 3.8) is 0 Å². The molecule has 0 aliphatic carbocycles. The van der Waals surface area contributed by atoms with E-state index in [2.05, 4.69) is 144 Å². The zero-order valence-corrected chi connectivity index (χ0v) is 30.4. The van der Waals surface area contributed by atoms with Gasteiger partial charge >= 0.3 is 0 Å². The summed E-state index contributed by atoms with van der Waals surface area (Å²) in [6.45, 7) is 0. The highest BCUT2D eigenvalue weighted by atomic mass is 16.3. The minimum absolute atomic E-state index is 0.510. The van der Waals surface area contributed by atoms with Crippen molar-refractivity contribution in [2.45, 2.75) is 0 Å². The van der Waals surface area contributed by atoms with Crippen LogP contribution in [-0.2, 0) is 0 Å². The predicted molar refractivity (Wildman–Crippen MR) is 230 cm³/mol. The number of aromatic nitrogens is 4. The molecule has 266 valence electrons. The van der Waals surface area contributed by atoms with Crippen LogP contribution in [0.1, 0.15) is 0 Å². The van der Waals surface area contributed by atoms with E-state index in [1.807, 2.05) is 42.5 Å². The largest absolute Gasteiger partial charge is 0.456 e. The highest BCUT2D eigenvalue weighted by Crippen LogP contribution is 2.42. The van der Waals surface area contributed by atoms with E-state index in [0.717, 1.165) is 99.1 Å². The van der Waals surface area contributed by atoms with Crippen molar-refractivity contribution < 1.29 is 8.83 Å². The molecule has 4 heterocycles. The summed E-state index contributed by atoms with van der Waals surface area (Å²) in [5.41, 5.74) is 11.3. The lowest BCUT2D eigenvalue weighted by Crippen LogP contribution is -2.06. The zero-order chi connectivity index (χ0) is 37.5. The number of benzene rings is 8. The van der Waals surface area contributed by atoms with Gasteiger partial charge in [0.25, 0.3) is 0 Å². The van der Waals surface area contributed by atoms with Crippen molar-refractivity contribution in [2.75, 3.05) is 0 Å². The lowest BCUT2D eigenvalue weighted by atomic mass is 9.99. The third kappa shape index (κ3) is 4.87. The Morgan fingerprint density at radius 1 is 0.351 bits per heavy atom. The van der Waals surface area contributed by atoms with Gasteiger partial charge in [-0.25, -0.2) is 4.98 Å². The molecule has 0 spiro atoms.